The number of hydrogen-bond acceptors (Lipinski definition) is 3. The summed E-state index contributed by atoms with van der Waals surface area (Å²) in [7, 11) is 0. The third kappa shape index (κ3) is 5.19. The number of aliphatic hydroxyl groups excluding tert-OH is 1. The predicted octanol–water partition coefficient (Wildman–Crippen LogP) is -0.812. The number of thiocarbonyl (C=S) groups is 1. The molecule has 0 unspecified atom stereocenters. The average Bonchev–Trinajstić information content (AvgIpc) is 1.83. The second-order valence-corrected chi connectivity index (χ2v) is 1.92. The van der Waals surface area contributed by atoms with E-state index >= 15 is 0 Å². The normalized spacial score (nSPS) is 11.1. The van der Waals surface area contributed by atoms with Crippen molar-refractivity contribution in [3.8, 4) is 0 Å². The molecule has 0 rings (SSSR count). The van der Waals surface area contributed by atoms with Crippen LogP contribution in [0.5, 0.6) is 0 Å². The fraction of sp³-hybridized carbons (Fsp3) is 0.500. The van der Waals surface area contributed by atoms with Gasteiger partial charge in [0.15, 0.2) is 5.11 Å². The molecule has 0 radical (unpaired) electrons. The SMILES string of the molecule is C/C(CO)=N\NC(N)=S. The summed E-state index contributed by atoms with van der Waals surface area (Å²) in [5, 5.41) is 12.1. The molecule has 4 nitrogen and oxygen atoms in total. The lowest BCUT2D eigenvalue weighted by Gasteiger charge is -1.95. The van der Waals surface area contributed by atoms with Crippen LogP contribution >= 0.6 is 12.2 Å². The number of nitrogens with zero attached hydrogens (tertiary/aromatic N) is 1. The molecule has 4 N–H and O–H groups in total. The minimum Gasteiger partial charge on any atom is -0.390 e. The lowest BCUT2D eigenvalue weighted by atomic mass is 10.5. The summed E-state index contributed by atoms with van der Waals surface area (Å²) in [6.07, 6.45) is 0. The maximum Gasteiger partial charge on any atom is 0.184 e. The second kappa shape index (κ2) is 4.22. The first-order chi connectivity index (χ1) is 4.16. The van der Waals surface area contributed by atoms with E-state index in [0.717, 1.165) is 0 Å². The van der Waals surface area contributed by atoms with E-state index < -0.39 is 0 Å². The van der Waals surface area contributed by atoms with Crippen LogP contribution in [0.1, 0.15) is 6.92 Å². The first kappa shape index (κ1) is 8.32. The Balaban J connectivity index is 3.56. The van der Waals surface area contributed by atoms with Crippen molar-refractivity contribution < 1.29 is 5.11 Å². The molecule has 0 saturated carbocycles. The minimum absolute atomic E-state index is 0.0877. The quantitative estimate of drug-likeness (QED) is 0.271. The Morgan fingerprint density at radius 3 is 2.78 bits per heavy atom. The molecule has 0 aliphatic rings. The molecule has 52 valence electrons. The van der Waals surface area contributed by atoms with Gasteiger partial charge in [-0.1, -0.05) is 0 Å². The Bertz CT molecular complexity index is 134. The van der Waals surface area contributed by atoms with E-state index in [1.165, 1.54) is 0 Å². The highest BCUT2D eigenvalue weighted by molar-refractivity contribution is 7.80. The molecular weight excluding hydrogens is 138 g/mol. The third-order valence-corrected chi connectivity index (χ3v) is 0.677. The van der Waals surface area contributed by atoms with Crippen LogP contribution in [-0.2, 0) is 0 Å². The lowest BCUT2D eigenvalue weighted by molar-refractivity contribution is 0.356. The Labute approximate surface area is 58.7 Å². The van der Waals surface area contributed by atoms with Crippen molar-refractivity contribution in [1.82, 2.24) is 5.43 Å². The van der Waals surface area contributed by atoms with Gasteiger partial charge in [0, 0.05) is 0 Å². The van der Waals surface area contributed by atoms with Crippen molar-refractivity contribution in [2.24, 2.45) is 10.8 Å². The summed E-state index contributed by atoms with van der Waals surface area (Å²) in [6.45, 7) is 1.57. The van der Waals surface area contributed by atoms with Crippen molar-refractivity contribution in [3.05, 3.63) is 0 Å². The van der Waals surface area contributed by atoms with Crippen LogP contribution in [0.25, 0.3) is 0 Å². The molecule has 0 spiro atoms. The maximum atomic E-state index is 8.39. The van der Waals surface area contributed by atoms with E-state index in [-0.39, 0.29) is 11.7 Å². The largest absolute Gasteiger partial charge is 0.390 e. The average molecular weight is 147 g/mol. The Kier molecular flexibility index (Phi) is 3.90. The van der Waals surface area contributed by atoms with Gasteiger partial charge in [-0.15, -0.1) is 0 Å². The van der Waals surface area contributed by atoms with Gasteiger partial charge in [-0.3, -0.25) is 5.43 Å². The van der Waals surface area contributed by atoms with E-state index in [4.69, 9.17) is 10.8 Å². The molecule has 9 heavy (non-hydrogen) atoms. The molecule has 0 aromatic carbocycles. The van der Waals surface area contributed by atoms with Gasteiger partial charge in [0.05, 0.1) is 12.3 Å². The monoisotopic (exact) mass is 147 g/mol. The van der Waals surface area contributed by atoms with Crippen LogP contribution in [0.4, 0.5) is 0 Å². The summed E-state index contributed by atoms with van der Waals surface area (Å²) in [5.74, 6) is 0. The van der Waals surface area contributed by atoms with Crippen LogP contribution in [0, 0.1) is 0 Å². The summed E-state index contributed by atoms with van der Waals surface area (Å²) in [6, 6.07) is 0. The van der Waals surface area contributed by atoms with Crippen LogP contribution in [0.15, 0.2) is 5.10 Å². The Hall–Kier alpha value is -0.680. The van der Waals surface area contributed by atoms with Gasteiger partial charge in [0.1, 0.15) is 0 Å². The zero-order valence-corrected chi connectivity index (χ0v) is 5.90. The minimum atomic E-state index is -0.0877. The third-order valence-electron chi connectivity index (χ3n) is 0.586. The molecule has 0 atom stereocenters. The fourth-order valence-corrected chi connectivity index (χ4v) is 0.232. The highest BCUT2D eigenvalue weighted by Crippen LogP contribution is 1.69. The Morgan fingerprint density at radius 1 is 1.89 bits per heavy atom. The molecule has 0 saturated heterocycles. The zero-order chi connectivity index (χ0) is 7.28. The number of hydrazone groups is 1. The van der Waals surface area contributed by atoms with Crippen molar-refractivity contribution >= 4 is 23.0 Å². The van der Waals surface area contributed by atoms with Gasteiger partial charge in [-0.2, -0.15) is 5.10 Å². The highest BCUT2D eigenvalue weighted by atomic mass is 32.1. The molecule has 5 heteroatoms. The summed E-state index contributed by atoms with van der Waals surface area (Å²) in [4.78, 5) is 0. The number of nitrogens with two attached hydrogens (primary N) is 1. The van der Waals surface area contributed by atoms with Crippen LogP contribution < -0.4 is 11.2 Å². The molecule has 0 heterocycles. The van der Waals surface area contributed by atoms with Crippen molar-refractivity contribution in [2.75, 3.05) is 6.61 Å². The number of nitrogens with one attached hydrogen (secondary N) is 1. The van der Waals surface area contributed by atoms with Gasteiger partial charge >= 0.3 is 0 Å². The van der Waals surface area contributed by atoms with E-state index in [9.17, 15) is 0 Å². The first-order valence-corrected chi connectivity index (χ1v) is 2.77. The van der Waals surface area contributed by atoms with Crippen molar-refractivity contribution in [3.63, 3.8) is 0 Å². The summed E-state index contributed by atoms with van der Waals surface area (Å²) < 4.78 is 0. The summed E-state index contributed by atoms with van der Waals surface area (Å²) in [5.41, 5.74) is 7.90. The van der Waals surface area contributed by atoms with Crippen LogP contribution in [0.3, 0.4) is 0 Å². The lowest BCUT2D eigenvalue weighted by Crippen LogP contribution is -2.25. The fourth-order valence-electron chi connectivity index (χ4n) is 0.186. The highest BCUT2D eigenvalue weighted by Gasteiger charge is 1.84. The van der Waals surface area contributed by atoms with E-state index in [1.54, 1.807) is 6.92 Å². The van der Waals surface area contributed by atoms with Gasteiger partial charge in [0.25, 0.3) is 0 Å². The van der Waals surface area contributed by atoms with E-state index in [2.05, 4.69) is 22.7 Å². The molecule has 0 aliphatic heterocycles. The van der Waals surface area contributed by atoms with Crippen molar-refractivity contribution in [2.45, 2.75) is 6.92 Å². The molecule has 0 amide bonds. The van der Waals surface area contributed by atoms with Gasteiger partial charge < -0.3 is 10.8 Å². The number of rotatable bonds is 2. The van der Waals surface area contributed by atoms with E-state index in [1.807, 2.05) is 0 Å². The molecule has 0 aromatic rings. The molecule has 0 fully saturated rings. The number of aliphatic hydroxyl groups is 1. The second-order valence-electron chi connectivity index (χ2n) is 1.48. The van der Waals surface area contributed by atoms with Gasteiger partial charge in [-0.25, -0.2) is 0 Å². The molecular formula is C4H9N3OS. The molecule has 0 aromatic heterocycles. The standard InChI is InChI=1S/C4H9N3OS/c1-3(2-8)6-7-4(5)9/h8H,2H2,1H3,(H3,5,7,9)/b6-3+. The van der Waals surface area contributed by atoms with Crippen LogP contribution in [0.2, 0.25) is 0 Å². The number of hydrogen-bond donors (Lipinski definition) is 3. The zero-order valence-electron chi connectivity index (χ0n) is 5.09. The smallest absolute Gasteiger partial charge is 0.184 e. The predicted molar refractivity (Wildman–Crippen MR) is 40.1 cm³/mol. The van der Waals surface area contributed by atoms with Crippen LogP contribution in [-0.4, -0.2) is 22.5 Å². The summed E-state index contributed by atoms with van der Waals surface area (Å²) >= 11 is 4.44. The molecule has 0 aliphatic carbocycles. The maximum absolute atomic E-state index is 8.39. The van der Waals surface area contributed by atoms with Gasteiger partial charge in [-0.05, 0) is 19.1 Å². The molecule has 0 bridgehead atoms. The van der Waals surface area contributed by atoms with Gasteiger partial charge in [0.2, 0.25) is 0 Å². The Morgan fingerprint density at radius 2 is 2.44 bits per heavy atom. The topological polar surface area (TPSA) is 70.6 Å². The van der Waals surface area contributed by atoms with Crippen molar-refractivity contribution in [1.29, 1.82) is 0 Å². The first-order valence-electron chi connectivity index (χ1n) is 2.36. The van der Waals surface area contributed by atoms with E-state index in [0.29, 0.717) is 5.71 Å².